The summed E-state index contributed by atoms with van der Waals surface area (Å²) in [6.07, 6.45) is 3.49. The van der Waals surface area contributed by atoms with Crippen LogP contribution in [0.4, 0.5) is 5.69 Å². The van der Waals surface area contributed by atoms with Crippen LogP contribution in [-0.4, -0.2) is 28.3 Å². The molecule has 0 atom stereocenters. The number of nitrogens with one attached hydrogen (secondary N) is 3. The number of fused-ring (bicyclic) bond motifs is 1. The molecule has 0 saturated carbocycles. The van der Waals surface area contributed by atoms with Crippen LogP contribution in [0, 0.1) is 0 Å². The summed E-state index contributed by atoms with van der Waals surface area (Å²) < 4.78 is 5.64. The predicted octanol–water partition coefficient (Wildman–Crippen LogP) is 4.03. The lowest BCUT2D eigenvalue weighted by atomic mass is 10.1. The lowest BCUT2D eigenvalue weighted by molar-refractivity contribution is -0.116. The van der Waals surface area contributed by atoms with Crippen molar-refractivity contribution in [1.82, 2.24) is 9.97 Å². The van der Waals surface area contributed by atoms with E-state index in [9.17, 15) is 14.4 Å². The highest BCUT2D eigenvalue weighted by atomic mass is 16.5. The van der Waals surface area contributed by atoms with E-state index in [1.165, 1.54) is 0 Å². The number of unbranched alkanes of at least 4 members (excludes halogenated alkanes) is 2. The van der Waals surface area contributed by atoms with Crippen LogP contribution >= 0.6 is 0 Å². The maximum Gasteiger partial charge on any atom is 0.323 e. The second kappa shape index (κ2) is 9.73. The number of amides is 1. The Balaban J connectivity index is 1.47. The fourth-order valence-corrected chi connectivity index (χ4v) is 2.98. The van der Waals surface area contributed by atoms with E-state index in [4.69, 9.17) is 4.74 Å². The van der Waals surface area contributed by atoms with Crippen LogP contribution in [0.5, 0.6) is 5.75 Å². The molecule has 3 rings (SSSR count). The van der Waals surface area contributed by atoms with E-state index in [-0.39, 0.29) is 30.2 Å². The number of anilines is 1. The summed E-state index contributed by atoms with van der Waals surface area (Å²) >= 11 is 0. The van der Waals surface area contributed by atoms with Gasteiger partial charge in [0.05, 0.1) is 17.6 Å². The summed E-state index contributed by atoms with van der Waals surface area (Å²) in [7, 11) is 0. The second-order valence-corrected chi connectivity index (χ2v) is 6.89. The number of imidazole rings is 1. The number of rotatable bonds is 10. The first-order chi connectivity index (χ1) is 14.0. The van der Waals surface area contributed by atoms with Crippen LogP contribution in [0.25, 0.3) is 11.0 Å². The van der Waals surface area contributed by atoms with Gasteiger partial charge in [0.25, 0.3) is 0 Å². The van der Waals surface area contributed by atoms with Gasteiger partial charge in [-0.05, 0) is 48.9 Å². The Hall–Kier alpha value is -3.35. The van der Waals surface area contributed by atoms with Crippen molar-refractivity contribution in [1.29, 1.82) is 0 Å². The number of benzene rings is 2. The average Bonchev–Trinajstić information content (AvgIpc) is 3.09. The molecule has 1 amide bonds. The Bertz CT molecular complexity index is 1030. The summed E-state index contributed by atoms with van der Waals surface area (Å²) in [5.41, 5.74) is 2.10. The van der Waals surface area contributed by atoms with Crippen molar-refractivity contribution in [3.63, 3.8) is 0 Å². The third-order valence-corrected chi connectivity index (χ3v) is 4.57. The number of hydrogen-bond acceptors (Lipinski definition) is 4. The summed E-state index contributed by atoms with van der Waals surface area (Å²) in [5, 5.41) is 2.75. The minimum Gasteiger partial charge on any atom is -0.494 e. The van der Waals surface area contributed by atoms with Gasteiger partial charge in [-0.25, -0.2) is 4.79 Å². The molecule has 0 aliphatic rings. The largest absolute Gasteiger partial charge is 0.494 e. The van der Waals surface area contributed by atoms with E-state index in [0.29, 0.717) is 28.9 Å². The molecule has 3 aromatic rings. The smallest absolute Gasteiger partial charge is 0.323 e. The first-order valence-corrected chi connectivity index (χ1v) is 9.83. The summed E-state index contributed by atoms with van der Waals surface area (Å²) in [6.45, 7) is 2.81. The van der Waals surface area contributed by atoms with E-state index >= 15 is 0 Å². The van der Waals surface area contributed by atoms with Crippen molar-refractivity contribution in [3.8, 4) is 5.75 Å². The highest BCUT2D eigenvalue weighted by Gasteiger charge is 2.10. The van der Waals surface area contributed by atoms with Crippen LogP contribution in [0.15, 0.2) is 47.3 Å². The van der Waals surface area contributed by atoms with Gasteiger partial charge in [0.2, 0.25) is 5.91 Å². The van der Waals surface area contributed by atoms with E-state index in [1.807, 2.05) is 0 Å². The van der Waals surface area contributed by atoms with Crippen LogP contribution < -0.4 is 15.7 Å². The van der Waals surface area contributed by atoms with Crippen molar-refractivity contribution in [3.05, 3.63) is 58.5 Å². The minimum atomic E-state index is -0.300. The molecule has 0 aliphatic carbocycles. The lowest BCUT2D eigenvalue weighted by Crippen LogP contribution is -2.13. The molecule has 0 bridgehead atoms. The molecule has 0 saturated heterocycles. The molecule has 0 fully saturated rings. The second-order valence-electron chi connectivity index (χ2n) is 6.89. The highest BCUT2D eigenvalue weighted by molar-refractivity contribution is 6.00. The molecule has 0 aliphatic heterocycles. The average molecular weight is 395 g/mol. The fourth-order valence-electron chi connectivity index (χ4n) is 2.98. The first kappa shape index (κ1) is 20.4. The Kier molecular flexibility index (Phi) is 6.84. The van der Waals surface area contributed by atoms with Crippen molar-refractivity contribution in [2.45, 2.75) is 39.0 Å². The van der Waals surface area contributed by atoms with E-state index in [2.05, 4.69) is 22.2 Å². The van der Waals surface area contributed by atoms with Crippen LogP contribution in [-0.2, 0) is 4.79 Å². The van der Waals surface area contributed by atoms with Crippen molar-refractivity contribution in [2.75, 3.05) is 11.9 Å². The Morgan fingerprint density at radius 3 is 2.48 bits per heavy atom. The number of carbonyl (C=O) groups excluding carboxylic acids is 2. The van der Waals surface area contributed by atoms with Crippen molar-refractivity contribution < 1.29 is 14.3 Å². The van der Waals surface area contributed by atoms with Gasteiger partial charge in [0.1, 0.15) is 5.75 Å². The Morgan fingerprint density at radius 1 is 0.966 bits per heavy atom. The topological polar surface area (TPSA) is 104 Å². The molecule has 3 N–H and O–H groups in total. The van der Waals surface area contributed by atoms with Gasteiger partial charge in [-0.1, -0.05) is 19.8 Å². The van der Waals surface area contributed by atoms with Crippen LogP contribution in [0.1, 0.15) is 49.4 Å². The van der Waals surface area contributed by atoms with Gasteiger partial charge in [0, 0.05) is 24.1 Å². The Morgan fingerprint density at radius 2 is 1.72 bits per heavy atom. The standard InChI is InChI=1S/C22H25N3O4/c1-2-3-4-13-29-17-8-5-15(6-9-17)20(26)11-12-21(27)23-16-7-10-18-19(14-16)25-22(28)24-18/h5-10,14H,2-4,11-13H2,1H3,(H,23,27)(H2,24,25,28). The maximum atomic E-state index is 12.3. The molecule has 29 heavy (non-hydrogen) atoms. The zero-order valence-corrected chi connectivity index (χ0v) is 16.4. The zero-order chi connectivity index (χ0) is 20.6. The number of Topliss-reactive ketones (excluding diaryl/α,β-unsaturated/α-hetero) is 1. The van der Waals surface area contributed by atoms with Crippen LogP contribution in [0.2, 0.25) is 0 Å². The van der Waals surface area contributed by atoms with Gasteiger partial charge in [0.15, 0.2) is 5.78 Å². The van der Waals surface area contributed by atoms with Gasteiger partial charge in [-0.2, -0.15) is 0 Å². The molecule has 0 unspecified atom stereocenters. The van der Waals surface area contributed by atoms with E-state index < -0.39 is 0 Å². The molecular weight excluding hydrogens is 370 g/mol. The van der Waals surface area contributed by atoms with Gasteiger partial charge in [-0.15, -0.1) is 0 Å². The minimum absolute atomic E-state index is 0.0792. The quantitative estimate of drug-likeness (QED) is 0.356. The lowest BCUT2D eigenvalue weighted by Gasteiger charge is -2.07. The van der Waals surface area contributed by atoms with Gasteiger partial charge in [-0.3, -0.25) is 9.59 Å². The third-order valence-electron chi connectivity index (χ3n) is 4.57. The summed E-state index contributed by atoms with van der Waals surface area (Å²) in [6, 6.07) is 12.1. The molecule has 0 spiro atoms. The summed E-state index contributed by atoms with van der Waals surface area (Å²) in [5.74, 6) is 0.392. The molecule has 0 radical (unpaired) electrons. The molecule has 1 heterocycles. The third kappa shape index (κ3) is 5.81. The highest BCUT2D eigenvalue weighted by Crippen LogP contribution is 2.17. The normalized spacial score (nSPS) is 10.8. The summed E-state index contributed by atoms with van der Waals surface area (Å²) in [4.78, 5) is 41.0. The number of ketones is 1. The van der Waals surface area contributed by atoms with E-state index in [0.717, 1.165) is 25.0 Å². The van der Waals surface area contributed by atoms with Crippen molar-refractivity contribution in [2.24, 2.45) is 0 Å². The predicted molar refractivity (Wildman–Crippen MR) is 113 cm³/mol. The zero-order valence-electron chi connectivity index (χ0n) is 16.4. The molecule has 152 valence electrons. The molecular formula is C22H25N3O4. The molecule has 2 aromatic carbocycles. The first-order valence-electron chi connectivity index (χ1n) is 9.83. The SMILES string of the molecule is CCCCCOc1ccc(C(=O)CCC(=O)Nc2ccc3[nH]c(=O)[nH]c3c2)cc1. The van der Waals surface area contributed by atoms with Crippen molar-refractivity contribution >= 4 is 28.4 Å². The number of aromatic amines is 2. The fraction of sp³-hybridized carbons (Fsp3) is 0.318. The van der Waals surface area contributed by atoms with Gasteiger partial charge >= 0.3 is 5.69 Å². The number of H-pyrrole nitrogens is 2. The molecule has 7 nitrogen and oxygen atoms in total. The monoisotopic (exact) mass is 395 g/mol. The number of aromatic nitrogens is 2. The molecule has 7 heteroatoms. The molecule has 1 aromatic heterocycles. The number of carbonyl (C=O) groups is 2. The Labute approximate surface area is 168 Å². The van der Waals surface area contributed by atoms with Gasteiger partial charge < -0.3 is 20.0 Å². The van der Waals surface area contributed by atoms with E-state index in [1.54, 1.807) is 42.5 Å². The maximum absolute atomic E-state index is 12.3. The number of ether oxygens (including phenoxy) is 1. The number of hydrogen-bond donors (Lipinski definition) is 3. The van der Waals surface area contributed by atoms with Crippen LogP contribution in [0.3, 0.4) is 0 Å².